The van der Waals surface area contributed by atoms with Crippen LogP contribution in [0.1, 0.15) is 31.7 Å². The number of hydrogen-bond donors (Lipinski definition) is 1. The Morgan fingerprint density at radius 1 is 1.38 bits per heavy atom. The molecule has 1 heterocycles. The first-order valence-electron chi connectivity index (χ1n) is 7.06. The molecule has 0 amide bonds. The van der Waals surface area contributed by atoms with Gasteiger partial charge in [0, 0.05) is 24.2 Å². The van der Waals surface area contributed by atoms with Gasteiger partial charge in [0.2, 0.25) is 10.0 Å². The summed E-state index contributed by atoms with van der Waals surface area (Å²) in [6.45, 7) is 3.02. The van der Waals surface area contributed by atoms with E-state index in [1.54, 1.807) is 17.4 Å². The summed E-state index contributed by atoms with van der Waals surface area (Å²) in [5.74, 6) is 0. The Balaban J connectivity index is 2.49. The zero-order valence-electron chi connectivity index (χ0n) is 12.2. The minimum Gasteiger partial charge on any atom is -0.316 e. The van der Waals surface area contributed by atoms with E-state index in [0.717, 1.165) is 19.3 Å². The first kappa shape index (κ1) is 17.0. The van der Waals surface area contributed by atoms with Crippen LogP contribution in [0.3, 0.4) is 0 Å². The van der Waals surface area contributed by atoms with Gasteiger partial charge in [0.05, 0.1) is 5.02 Å². The van der Waals surface area contributed by atoms with E-state index in [-0.39, 0.29) is 16.0 Å². The second-order valence-electron chi connectivity index (χ2n) is 5.23. The third-order valence-electron chi connectivity index (χ3n) is 3.83. The second-order valence-corrected chi connectivity index (χ2v) is 7.90. The number of benzene rings is 1. The van der Waals surface area contributed by atoms with E-state index in [4.69, 9.17) is 23.2 Å². The molecule has 1 aliphatic rings. The minimum atomic E-state index is -3.60. The van der Waals surface area contributed by atoms with Crippen molar-refractivity contribution >= 4 is 33.2 Å². The molecule has 1 aromatic carbocycles. The molecule has 1 aromatic rings. The molecule has 21 heavy (non-hydrogen) atoms. The van der Waals surface area contributed by atoms with Gasteiger partial charge in [-0.2, -0.15) is 4.31 Å². The molecule has 1 saturated heterocycles. The topological polar surface area (TPSA) is 49.4 Å². The minimum absolute atomic E-state index is 0.0535. The van der Waals surface area contributed by atoms with Crippen LogP contribution in [0, 0.1) is 0 Å². The lowest BCUT2D eigenvalue weighted by molar-refractivity contribution is 0.379. The van der Waals surface area contributed by atoms with Crippen LogP contribution in [0.5, 0.6) is 0 Å². The first-order valence-corrected chi connectivity index (χ1v) is 9.25. The van der Waals surface area contributed by atoms with Gasteiger partial charge in [-0.1, -0.05) is 30.1 Å². The molecule has 1 atom stereocenters. The van der Waals surface area contributed by atoms with Crippen molar-refractivity contribution < 1.29 is 8.42 Å². The van der Waals surface area contributed by atoms with Gasteiger partial charge in [-0.3, -0.25) is 0 Å². The Morgan fingerprint density at radius 2 is 2.10 bits per heavy atom. The molecule has 1 aliphatic heterocycles. The summed E-state index contributed by atoms with van der Waals surface area (Å²) in [6, 6.07) is 3.20. The predicted octanol–water partition coefficient (Wildman–Crippen LogP) is 3.28. The fourth-order valence-electron chi connectivity index (χ4n) is 2.78. The van der Waals surface area contributed by atoms with Crippen LogP contribution in [0.25, 0.3) is 0 Å². The van der Waals surface area contributed by atoms with Gasteiger partial charge in [0.1, 0.15) is 4.90 Å². The molecular weight excluding hydrogens is 331 g/mol. The van der Waals surface area contributed by atoms with Crippen LogP contribution in [-0.2, 0) is 16.6 Å². The third-order valence-corrected chi connectivity index (χ3v) is 6.58. The van der Waals surface area contributed by atoms with Crippen molar-refractivity contribution in [3.8, 4) is 0 Å². The predicted molar refractivity (Wildman–Crippen MR) is 86.4 cm³/mol. The number of rotatable bonds is 5. The van der Waals surface area contributed by atoms with Crippen LogP contribution >= 0.6 is 23.2 Å². The Bertz CT molecular complexity index is 620. The zero-order chi connectivity index (χ0) is 15.6. The van der Waals surface area contributed by atoms with Crippen molar-refractivity contribution in [2.45, 2.75) is 43.7 Å². The molecule has 0 saturated carbocycles. The molecule has 0 bridgehead atoms. The van der Waals surface area contributed by atoms with Crippen molar-refractivity contribution in [2.75, 3.05) is 13.6 Å². The summed E-state index contributed by atoms with van der Waals surface area (Å²) in [6.07, 6.45) is 2.59. The van der Waals surface area contributed by atoms with Gasteiger partial charge in [0.15, 0.2) is 0 Å². The van der Waals surface area contributed by atoms with Crippen LogP contribution < -0.4 is 5.32 Å². The SMILES string of the molecule is CCC1CCCN1S(=O)(=O)c1cc(Cl)cc(CNC)c1Cl. The molecule has 0 spiro atoms. The third kappa shape index (κ3) is 3.37. The summed E-state index contributed by atoms with van der Waals surface area (Å²) in [5.41, 5.74) is 0.692. The van der Waals surface area contributed by atoms with Gasteiger partial charge >= 0.3 is 0 Å². The first-order chi connectivity index (χ1) is 9.91. The number of sulfonamides is 1. The number of nitrogens with zero attached hydrogens (tertiary/aromatic N) is 1. The van der Waals surface area contributed by atoms with E-state index < -0.39 is 10.0 Å². The van der Waals surface area contributed by atoms with Gasteiger partial charge in [0.25, 0.3) is 0 Å². The van der Waals surface area contributed by atoms with Crippen LogP contribution in [0.4, 0.5) is 0 Å². The van der Waals surface area contributed by atoms with Crippen molar-refractivity contribution in [1.82, 2.24) is 9.62 Å². The highest BCUT2D eigenvalue weighted by Crippen LogP contribution is 2.34. The summed E-state index contributed by atoms with van der Waals surface area (Å²) in [5, 5.41) is 3.61. The highest BCUT2D eigenvalue weighted by Gasteiger charge is 2.35. The smallest absolute Gasteiger partial charge is 0.244 e. The van der Waals surface area contributed by atoms with Crippen molar-refractivity contribution in [1.29, 1.82) is 0 Å². The maximum Gasteiger partial charge on any atom is 0.244 e. The maximum absolute atomic E-state index is 12.9. The Morgan fingerprint density at radius 3 is 2.71 bits per heavy atom. The largest absolute Gasteiger partial charge is 0.316 e. The standard InChI is InChI=1S/C14H20Cl2N2O2S/c1-3-12-5-4-6-18(12)21(19,20)13-8-11(15)7-10(9-17-2)14(13)16/h7-8,12,17H,3-6,9H2,1-2H3. The zero-order valence-corrected chi connectivity index (χ0v) is 14.5. The lowest BCUT2D eigenvalue weighted by atomic mass is 10.2. The normalized spacial score (nSPS) is 20.1. The van der Waals surface area contributed by atoms with E-state index in [2.05, 4.69) is 5.32 Å². The quantitative estimate of drug-likeness (QED) is 0.886. The monoisotopic (exact) mass is 350 g/mol. The Kier molecular flexibility index (Phi) is 5.54. The highest BCUT2D eigenvalue weighted by molar-refractivity contribution is 7.89. The van der Waals surface area contributed by atoms with Gasteiger partial charge < -0.3 is 5.32 Å². The summed E-state index contributed by atoms with van der Waals surface area (Å²) < 4.78 is 27.4. The molecule has 1 fully saturated rings. The number of halogens is 2. The lowest BCUT2D eigenvalue weighted by Gasteiger charge is -2.24. The summed E-state index contributed by atoms with van der Waals surface area (Å²) in [7, 11) is -1.83. The van der Waals surface area contributed by atoms with E-state index in [1.165, 1.54) is 6.07 Å². The van der Waals surface area contributed by atoms with Crippen LogP contribution in [0.15, 0.2) is 17.0 Å². The van der Waals surface area contributed by atoms with Crippen molar-refractivity contribution in [3.63, 3.8) is 0 Å². The van der Waals surface area contributed by atoms with E-state index in [0.29, 0.717) is 23.7 Å². The molecule has 7 heteroatoms. The van der Waals surface area contributed by atoms with E-state index >= 15 is 0 Å². The molecule has 2 rings (SSSR count). The molecular formula is C14H20Cl2N2O2S. The fourth-order valence-corrected chi connectivity index (χ4v) is 5.46. The Hall–Kier alpha value is -0.330. The van der Waals surface area contributed by atoms with Crippen LogP contribution in [0.2, 0.25) is 10.0 Å². The fraction of sp³-hybridized carbons (Fsp3) is 0.571. The lowest BCUT2D eigenvalue weighted by Crippen LogP contribution is -2.35. The average molecular weight is 351 g/mol. The summed E-state index contributed by atoms with van der Waals surface area (Å²) in [4.78, 5) is 0.113. The van der Waals surface area contributed by atoms with E-state index in [1.807, 2.05) is 6.92 Å². The summed E-state index contributed by atoms with van der Waals surface area (Å²) >= 11 is 12.4. The van der Waals surface area contributed by atoms with Crippen molar-refractivity contribution in [3.05, 3.63) is 27.7 Å². The van der Waals surface area contributed by atoms with Gasteiger partial charge in [-0.05, 0) is 44.0 Å². The molecule has 1 N–H and O–H groups in total. The number of nitrogens with one attached hydrogen (secondary N) is 1. The number of hydrogen-bond acceptors (Lipinski definition) is 3. The van der Waals surface area contributed by atoms with Gasteiger partial charge in [-0.25, -0.2) is 8.42 Å². The maximum atomic E-state index is 12.9. The molecule has 0 aromatic heterocycles. The average Bonchev–Trinajstić information content (AvgIpc) is 2.91. The molecule has 1 unspecified atom stereocenters. The second kappa shape index (κ2) is 6.84. The molecule has 4 nitrogen and oxygen atoms in total. The molecule has 118 valence electrons. The molecule has 0 aliphatic carbocycles. The van der Waals surface area contributed by atoms with Crippen molar-refractivity contribution in [2.24, 2.45) is 0 Å². The Labute approximate surface area is 136 Å². The van der Waals surface area contributed by atoms with Gasteiger partial charge in [-0.15, -0.1) is 0 Å². The molecule has 0 radical (unpaired) electrons. The van der Waals surface area contributed by atoms with Crippen LogP contribution in [-0.4, -0.2) is 32.4 Å². The van der Waals surface area contributed by atoms with E-state index in [9.17, 15) is 8.42 Å². The highest BCUT2D eigenvalue weighted by atomic mass is 35.5.